The largest absolute Gasteiger partial charge is 0.293 e. The van der Waals surface area contributed by atoms with E-state index >= 15 is 0 Å². The van der Waals surface area contributed by atoms with Crippen LogP contribution in [0.5, 0.6) is 0 Å². The molecule has 0 fully saturated rings. The molecular weight excluding hydrogens is 294 g/mol. The minimum absolute atomic E-state index is 0.856. The fourth-order valence-corrected chi connectivity index (χ4v) is 3.70. The minimum Gasteiger partial charge on any atom is -0.293 e. The van der Waals surface area contributed by atoms with Gasteiger partial charge >= 0.3 is 0 Å². The van der Waals surface area contributed by atoms with Crippen LogP contribution in [0, 0.1) is 0 Å². The molecule has 2 aliphatic rings. The Kier molecular flexibility index (Phi) is 3.95. The summed E-state index contributed by atoms with van der Waals surface area (Å²) >= 11 is 1.72. The smallest absolute Gasteiger partial charge is 0.173 e. The van der Waals surface area contributed by atoms with Crippen molar-refractivity contribution in [2.75, 3.05) is 13.1 Å². The molecule has 5 nitrogen and oxygen atoms in total. The molecule has 0 spiro atoms. The van der Waals surface area contributed by atoms with Crippen LogP contribution in [-0.2, 0) is 19.5 Å². The number of hydrogen-bond donors (Lipinski definition) is 0. The van der Waals surface area contributed by atoms with Crippen molar-refractivity contribution in [3.8, 4) is 0 Å². The summed E-state index contributed by atoms with van der Waals surface area (Å²) in [7, 11) is 0. The van der Waals surface area contributed by atoms with Crippen LogP contribution in [0.15, 0.2) is 22.9 Å². The summed E-state index contributed by atoms with van der Waals surface area (Å²) in [6, 6.07) is 0. The van der Waals surface area contributed by atoms with Crippen molar-refractivity contribution in [1.29, 1.82) is 0 Å². The molecule has 114 valence electrons. The van der Waals surface area contributed by atoms with Gasteiger partial charge in [0.05, 0.1) is 16.9 Å². The predicted molar refractivity (Wildman–Crippen MR) is 87.2 cm³/mol. The van der Waals surface area contributed by atoms with E-state index in [9.17, 15) is 0 Å². The van der Waals surface area contributed by atoms with Crippen molar-refractivity contribution < 1.29 is 0 Å². The lowest BCUT2D eigenvalue weighted by Crippen LogP contribution is -2.31. The first kappa shape index (κ1) is 14.0. The van der Waals surface area contributed by atoms with Crippen LogP contribution in [0.4, 0.5) is 0 Å². The second kappa shape index (κ2) is 6.22. The highest BCUT2D eigenvalue weighted by molar-refractivity contribution is 7.09. The standard InChI is InChI=1S/C16H19N5S/c1-2-5-18-15(3-1)16-19-7-12-9-21(6-4-14(12)20-16)10-13-8-17-11-22-13/h7-8,11H,1-6,9-10H2. The third-order valence-corrected chi connectivity index (χ3v) is 5.02. The van der Waals surface area contributed by atoms with E-state index in [0.717, 1.165) is 50.6 Å². The lowest BCUT2D eigenvalue weighted by molar-refractivity contribution is 0.245. The van der Waals surface area contributed by atoms with Gasteiger partial charge < -0.3 is 0 Å². The van der Waals surface area contributed by atoms with Gasteiger partial charge in [0.1, 0.15) is 0 Å². The fourth-order valence-electron chi connectivity index (χ4n) is 3.07. The molecule has 0 amide bonds. The van der Waals surface area contributed by atoms with Crippen LogP contribution in [-0.4, -0.2) is 38.7 Å². The highest BCUT2D eigenvalue weighted by Gasteiger charge is 2.20. The Morgan fingerprint density at radius 3 is 3.00 bits per heavy atom. The van der Waals surface area contributed by atoms with Gasteiger partial charge in [0.2, 0.25) is 0 Å². The predicted octanol–water partition coefficient (Wildman–Crippen LogP) is 2.46. The molecule has 2 aromatic rings. The van der Waals surface area contributed by atoms with Gasteiger partial charge in [-0.25, -0.2) is 9.97 Å². The molecule has 0 aliphatic carbocycles. The van der Waals surface area contributed by atoms with Gasteiger partial charge in [0.25, 0.3) is 0 Å². The minimum atomic E-state index is 0.856. The first-order valence-corrected chi connectivity index (χ1v) is 8.74. The molecule has 6 heteroatoms. The van der Waals surface area contributed by atoms with Crippen LogP contribution in [0.3, 0.4) is 0 Å². The van der Waals surface area contributed by atoms with E-state index in [4.69, 9.17) is 4.98 Å². The molecule has 0 atom stereocenters. The molecule has 0 saturated carbocycles. The van der Waals surface area contributed by atoms with E-state index in [-0.39, 0.29) is 0 Å². The number of aromatic nitrogens is 3. The molecular formula is C16H19N5S. The van der Waals surface area contributed by atoms with E-state index in [1.807, 2.05) is 17.9 Å². The van der Waals surface area contributed by atoms with Crippen molar-refractivity contribution in [2.24, 2.45) is 4.99 Å². The van der Waals surface area contributed by atoms with Crippen LogP contribution in [0.25, 0.3) is 0 Å². The average Bonchev–Trinajstić information content (AvgIpc) is 3.08. The van der Waals surface area contributed by atoms with Crippen molar-refractivity contribution in [1.82, 2.24) is 19.9 Å². The van der Waals surface area contributed by atoms with Crippen LogP contribution in [0.1, 0.15) is 41.2 Å². The zero-order valence-corrected chi connectivity index (χ0v) is 13.3. The average molecular weight is 313 g/mol. The van der Waals surface area contributed by atoms with Crippen LogP contribution >= 0.6 is 11.3 Å². The summed E-state index contributed by atoms with van der Waals surface area (Å²) in [6.07, 6.45) is 8.39. The van der Waals surface area contributed by atoms with Crippen LogP contribution < -0.4 is 0 Å². The number of rotatable bonds is 3. The number of thiazole rings is 1. The molecule has 2 aliphatic heterocycles. The van der Waals surface area contributed by atoms with E-state index in [1.165, 1.54) is 29.0 Å². The number of fused-ring (bicyclic) bond motifs is 1. The van der Waals surface area contributed by atoms with Crippen molar-refractivity contribution in [2.45, 2.75) is 38.8 Å². The third-order valence-electron chi connectivity index (χ3n) is 4.26. The van der Waals surface area contributed by atoms with Gasteiger partial charge in [-0.2, -0.15) is 0 Å². The zero-order chi connectivity index (χ0) is 14.8. The Bertz CT molecular complexity index is 680. The fraction of sp³-hybridized carbons (Fsp3) is 0.500. The second-order valence-electron chi connectivity index (χ2n) is 5.88. The summed E-state index contributed by atoms with van der Waals surface area (Å²) < 4.78 is 0. The molecule has 4 heterocycles. The van der Waals surface area contributed by atoms with Gasteiger partial charge in [-0.15, -0.1) is 11.3 Å². The van der Waals surface area contributed by atoms with Crippen LogP contribution in [0.2, 0.25) is 0 Å². The summed E-state index contributed by atoms with van der Waals surface area (Å²) in [5, 5.41) is 0. The van der Waals surface area contributed by atoms with E-state index in [2.05, 4.69) is 19.9 Å². The third kappa shape index (κ3) is 2.94. The van der Waals surface area contributed by atoms with Gasteiger partial charge in [-0.3, -0.25) is 14.9 Å². The van der Waals surface area contributed by atoms with E-state index < -0.39 is 0 Å². The lowest BCUT2D eigenvalue weighted by atomic mass is 10.1. The SMILES string of the molecule is c1ncc(CN2CCc3nc(C4=NCCCC4)ncc3C2)s1. The van der Waals surface area contributed by atoms with E-state index in [0.29, 0.717) is 0 Å². The van der Waals surface area contributed by atoms with Gasteiger partial charge in [-0.1, -0.05) is 0 Å². The Hall–Kier alpha value is -1.66. The first-order chi connectivity index (χ1) is 10.9. The summed E-state index contributed by atoms with van der Waals surface area (Å²) in [5.41, 5.74) is 5.46. The second-order valence-corrected chi connectivity index (χ2v) is 6.85. The maximum Gasteiger partial charge on any atom is 0.173 e. The number of hydrogen-bond acceptors (Lipinski definition) is 6. The topological polar surface area (TPSA) is 54.3 Å². The zero-order valence-electron chi connectivity index (χ0n) is 12.5. The normalized spacial score (nSPS) is 18.8. The molecule has 4 rings (SSSR count). The van der Waals surface area contributed by atoms with Crippen molar-refractivity contribution in [3.05, 3.63) is 39.9 Å². The van der Waals surface area contributed by atoms with Gasteiger partial charge in [0.15, 0.2) is 5.82 Å². The number of aliphatic imine (C=N–C) groups is 1. The maximum atomic E-state index is 4.79. The van der Waals surface area contributed by atoms with Gasteiger partial charge in [0, 0.05) is 55.4 Å². The summed E-state index contributed by atoms with van der Waals surface area (Å²) in [4.78, 5) is 21.9. The van der Waals surface area contributed by atoms with Gasteiger partial charge in [-0.05, 0) is 19.3 Å². The highest BCUT2D eigenvalue weighted by Crippen LogP contribution is 2.20. The Balaban J connectivity index is 1.50. The molecule has 2 aromatic heterocycles. The summed E-state index contributed by atoms with van der Waals surface area (Å²) in [6.45, 7) is 3.88. The molecule has 0 saturated heterocycles. The molecule has 0 N–H and O–H groups in total. The van der Waals surface area contributed by atoms with Crippen molar-refractivity contribution >= 4 is 17.0 Å². The number of nitrogens with zero attached hydrogens (tertiary/aromatic N) is 5. The molecule has 0 bridgehead atoms. The van der Waals surface area contributed by atoms with Crippen molar-refractivity contribution in [3.63, 3.8) is 0 Å². The highest BCUT2D eigenvalue weighted by atomic mass is 32.1. The quantitative estimate of drug-likeness (QED) is 0.873. The maximum absolute atomic E-state index is 4.79. The Morgan fingerprint density at radius 2 is 2.18 bits per heavy atom. The Morgan fingerprint density at radius 1 is 1.18 bits per heavy atom. The summed E-state index contributed by atoms with van der Waals surface area (Å²) in [5.74, 6) is 0.856. The monoisotopic (exact) mass is 313 g/mol. The molecule has 0 unspecified atom stereocenters. The lowest BCUT2D eigenvalue weighted by Gasteiger charge is -2.27. The Labute approximate surface area is 134 Å². The van der Waals surface area contributed by atoms with E-state index in [1.54, 1.807) is 11.3 Å². The molecule has 22 heavy (non-hydrogen) atoms. The first-order valence-electron chi connectivity index (χ1n) is 7.87. The molecule has 0 aromatic carbocycles. The molecule has 0 radical (unpaired) electrons.